The van der Waals surface area contributed by atoms with E-state index in [1.807, 2.05) is 0 Å². The second-order valence-corrected chi connectivity index (χ2v) is 6.87. The van der Waals surface area contributed by atoms with E-state index in [-0.39, 0.29) is 29.4 Å². The summed E-state index contributed by atoms with van der Waals surface area (Å²) in [5.41, 5.74) is 0.682. The number of carbonyl (C=O) groups is 1. The number of rotatable bonds is 9. The molecule has 0 aromatic carbocycles. The van der Waals surface area contributed by atoms with E-state index in [1.54, 1.807) is 13.1 Å². The third kappa shape index (κ3) is 4.48. The molecule has 1 fully saturated rings. The van der Waals surface area contributed by atoms with Crippen LogP contribution >= 0.6 is 0 Å². The van der Waals surface area contributed by atoms with Crippen LogP contribution in [0, 0.1) is 5.82 Å². The molecule has 0 unspecified atom stereocenters. The Morgan fingerprint density at radius 3 is 2.84 bits per heavy atom. The largest absolute Gasteiger partial charge is 0.474 e. The Bertz CT molecular complexity index is 1110. The summed E-state index contributed by atoms with van der Waals surface area (Å²) < 4.78 is 38.9. The fraction of sp³-hybridized carbons (Fsp3) is 0.368. The number of amides is 1. The first kappa shape index (κ1) is 20.7. The summed E-state index contributed by atoms with van der Waals surface area (Å²) in [5, 5.41) is 12.7. The number of fused-ring (bicyclic) bond motifs is 1. The zero-order valence-corrected chi connectivity index (χ0v) is 16.9. The Morgan fingerprint density at radius 2 is 2.13 bits per heavy atom. The lowest BCUT2D eigenvalue weighted by molar-refractivity contribution is 0.0949. The van der Waals surface area contributed by atoms with Gasteiger partial charge < -0.3 is 25.4 Å². The van der Waals surface area contributed by atoms with Crippen LogP contribution in [0.25, 0.3) is 5.65 Å². The molecule has 0 bridgehead atoms. The van der Waals surface area contributed by atoms with Crippen LogP contribution < -0.4 is 20.7 Å². The summed E-state index contributed by atoms with van der Waals surface area (Å²) in [6.07, 6.45) is 1.67. The molecule has 2 atom stereocenters. The zero-order valence-electron chi connectivity index (χ0n) is 16.9. The third-order valence-electron chi connectivity index (χ3n) is 4.61. The molecule has 3 N–H and O–H groups in total. The number of alkyl halides is 1. The predicted octanol–water partition coefficient (Wildman–Crippen LogP) is 1.91. The monoisotopic (exact) mass is 433 g/mol. The summed E-state index contributed by atoms with van der Waals surface area (Å²) in [6.45, 7) is 0.559. The van der Waals surface area contributed by atoms with Crippen LogP contribution in [-0.2, 0) is 4.74 Å². The summed E-state index contributed by atoms with van der Waals surface area (Å²) in [5.74, 6) is -0.0490. The van der Waals surface area contributed by atoms with Gasteiger partial charge in [-0.25, -0.2) is 18.7 Å². The van der Waals surface area contributed by atoms with Crippen molar-refractivity contribution >= 4 is 28.9 Å². The smallest absolute Gasteiger partial charge is 0.257 e. The van der Waals surface area contributed by atoms with E-state index in [2.05, 4.69) is 31.0 Å². The molecule has 31 heavy (non-hydrogen) atoms. The van der Waals surface area contributed by atoms with E-state index in [4.69, 9.17) is 9.47 Å². The van der Waals surface area contributed by atoms with Crippen molar-refractivity contribution in [1.82, 2.24) is 24.9 Å². The lowest BCUT2D eigenvalue weighted by Crippen LogP contribution is -2.27. The van der Waals surface area contributed by atoms with E-state index in [9.17, 15) is 13.6 Å². The molecule has 10 nitrogen and oxygen atoms in total. The fourth-order valence-corrected chi connectivity index (χ4v) is 2.92. The molecule has 1 aliphatic carbocycles. The van der Waals surface area contributed by atoms with Gasteiger partial charge >= 0.3 is 0 Å². The molecule has 164 valence electrons. The molecule has 3 aromatic heterocycles. The van der Waals surface area contributed by atoms with Crippen molar-refractivity contribution in [3.63, 3.8) is 0 Å². The Morgan fingerprint density at radius 1 is 1.32 bits per heavy atom. The highest BCUT2D eigenvalue weighted by Gasteiger charge is 2.39. The maximum absolute atomic E-state index is 13.8. The van der Waals surface area contributed by atoms with E-state index in [0.717, 1.165) is 6.20 Å². The highest BCUT2D eigenvalue weighted by molar-refractivity contribution is 6.00. The van der Waals surface area contributed by atoms with Crippen molar-refractivity contribution in [3.05, 3.63) is 35.9 Å². The Kier molecular flexibility index (Phi) is 5.80. The zero-order chi connectivity index (χ0) is 22.0. The summed E-state index contributed by atoms with van der Waals surface area (Å²) in [6, 6.07) is 2.36. The molecule has 1 aliphatic rings. The van der Waals surface area contributed by atoms with Crippen LogP contribution in [-0.4, -0.2) is 65.1 Å². The Balaban J connectivity index is 1.66. The minimum Gasteiger partial charge on any atom is -0.474 e. The summed E-state index contributed by atoms with van der Waals surface area (Å²) >= 11 is 0. The third-order valence-corrected chi connectivity index (χ3v) is 4.61. The molecule has 1 amide bonds. The highest BCUT2D eigenvalue weighted by Crippen LogP contribution is 2.29. The number of ether oxygens (including phenoxy) is 2. The minimum absolute atomic E-state index is 0.167. The number of hydrogen-bond donors (Lipinski definition) is 3. The van der Waals surface area contributed by atoms with Crippen LogP contribution in [0.15, 0.2) is 24.5 Å². The quantitative estimate of drug-likeness (QED) is 0.439. The van der Waals surface area contributed by atoms with Crippen molar-refractivity contribution < 1.29 is 23.0 Å². The second kappa shape index (κ2) is 8.68. The Hall–Kier alpha value is -3.54. The first-order valence-electron chi connectivity index (χ1n) is 9.56. The van der Waals surface area contributed by atoms with E-state index >= 15 is 0 Å². The van der Waals surface area contributed by atoms with Gasteiger partial charge in [-0.05, 0) is 0 Å². The highest BCUT2D eigenvalue weighted by atomic mass is 19.1. The van der Waals surface area contributed by atoms with Crippen LogP contribution in [0.5, 0.6) is 5.88 Å². The van der Waals surface area contributed by atoms with Gasteiger partial charge in [0.1, 0.15) is 41.5 Å². The fourth-order valence-electron chi connectivity index (χ4n) is 2.92. The molecule has 0 spiro atoms. The SMILES string of the molecule is CNc1cc(Nc2cc(F)cnc2OCCOC)nc2c(C(=O)N[C@H]3C[C@H]3F)cnn12. The van der Waals surface area contributed by atoms with Crippen molar-refractivity contribution in [2.45, 2.75) is 18.6 Å². The van der Waals surface area contributed by atoms with E-state index < -0.39 is 23.9 Å². The van der Waals surface area contributed by atoms with Gasteiger partial charge in [0.2, 0.25) is 5.88 Å². The predicted molar refractivity (Wildman–Crippen MR) is 108 cm³/mol. The topological polar surface area (TPSA) is 115 Å². The number of hydrogen-bond acceptors (Lipinski definition) is 8. The maximum Gasteiger partial charge on any atom is 0.257 e. The molecule has 0 saturated heterocycles. The van der Waals surface area contributed by atoms with Crippen molar-refractivity contribution in [2.24, 2.45) is 0 Å². The molecule has 12 heteroatoms. The number of anilines is 3. The van der Waals surface area contributed by atoms with E-state index in [0.29, 0.717) is 24.7 Å². The average molecular weight is 433 g/mol. The van der Waals surface area contributed by atoms with Gasteiger partial charge in [0, 0.05) is 32.7 Å². The van der Waals surface area contributed by atoms with E-state index in [1.165, 1.54) is 23.9 Å². The van der Waals surface area contributed by atoms with Gasteiger partial charge in [0.25, 0.3) is 5.91 Å². The van der Waals surface area contributed by atoms with Gasteiger partial charge in [0.05, 0.1) is 25.0 Å². The number of nitrogens with one attached hydrogen (secondary N) is 3. The molecule has 0 radical (unpaired) electrons. The first-order chi connectivity index (χ1) is 15.0. The molecular weight excluding hydrogens is 412 g/mol. The molecule has 4 rings (SSSR count). The lowest BCUT2D eigenvalue weighted by atomic mass is 10.3. The molecule has 0 aliphatic heterocycles. The number of halogens is 2. The number of pyridine rings is 1. The molecule has 3 heterocycles. The van der Waals surface area contributed by atoms with Crippen LogP contribution in [0.1, 0.15) is 16.8 Å². The summed E-state index contributed by atoms with van der Waals surface area (Å²) in [4.78, 5) is 20.9. The maximum atomic E-state index is 13.8. The van der Waals surface area contributed by atoms with Gasteiger partial charge in [-0.3, -0.25) is 4.79 Å². The minimum atomic E-state index is -1.03. The van der Waals surface area contributed by atoms with Gasteiger partial charge in [-0.2, -0.15) is 9.61 Å². The van der Waals surface area contributed by atoms with Crippen molar-refractivity contribution in [1.29, 1.82) is 0 Å². The number of aromatic nitrogens is 4. The number of carbonyl (C=O) groups excluding carboxylic acids is 1. The van der Waals surface area contributed by atoms with Crippen molar-refractivity contribution in [2.75, 3.05) is 38.0 Å². The standard InChI is InChI=1S/C19H21F2N7O3/c1-22-16-7-15(25-14-5-10(20)8-23-19(14)31-4-3-30-2)27-17-11(9-24-28(16)17)18(29)26-13-6-12(13)21/h5,7-9,12-13,22H,3-4,6H2,1-2H3,(H,25,27)(H,26,29)/t12-,13+/m1/s1. The van der Waals surface area contributed by atoms with Gasteiger partial charge in [-0.1, -0.05) is 0 Å². The van der Waals surface area contributed by atoms with Crippen LogP contribution in [0.2, 0.25) is 0 Å². The summed E-state index contributed by atoms with van der Waals surface area (Å²) in [7, 11) is 3.22. The number of nitrogens with zero attached hydrogens (tertiary/aromatic N) is 4. The average Bonchev–Trinajstić information content (AvgIpc) is 3.26. The van der Waals surface area contributed by atoms with Gasteiger partial charge in [-0.15, -0.1) is 0 Å². The van der Waals surface area contributed by atoms with Crippen LogP contribution in [0.3, 0.4) is 0 Å². The van der Waals surface area contributed by atoms with Crippen molar-refractivity contribution in [3.8, 4) is 5.88 Å². The normalized spacial score (nSPS) is 17.4. The molecule has 3 aromatic rings. The number of methoxy groups -OCH3 is 1. The van der Waals surface area contributed by atoms with Crippen LogP contribution in [0.4, 0.5) is 26.1 Å². The second-order valence-electron chi connectivity index (χ2n) is 6.87. The molecular formula is C19H21F2N7O3. The first-order valence-corrected chi connectivity index (χ1v) is 9.56. The lowest BCUT2D eigenvalue weighted by Gasteiger charge is -2.13. The molecule has 1 saturated carbocycles. The van der Waals surface area contributed by atoms with Gasteiger partial charge in [0.15, 0.2) is 5.65 Å². The Labute approximate surface area is 176 Å².